The fourth-order valence-corrected chi connectivity index (χ4v) is 1.34. The molecule has 1 aromatic heterocycles. The predicted octanol–water partition coefficient (Wildman–Crippen LogP) is 1.43. The average molecular weight is 205 g/mol. The molecule has 0 bridgehead atoms. The van der Waals surface area contributed by atoms with Crippen LogP contribution >= 0.6 is 0 Å². The lowest BCUT2D eigenvalue weighted by atomic mass is 10.1. The number of halogens is 1. The van der Waals surface area contributed by atoms with Gasteiger partial charge in [-0.2, -0.15) is 0 Å². The number of benzene rings is 1. The molecule has 0 aliphatic rings. The third kappa shape index (κ3) is 1.76. The zero-order valence-corrected chi connectivity index (χ0v) is 8.01. The quantitative estimate of drug-likeness (QED) is 0.697. The van der Waals surface area contributed by atoms with Gasteiger partial charge in [0.15, 0.2) is 6.29 Å². The summed E-state index contributed by atoms with van der Waals surface area (Å²) in [5, 5.41) is 7.60. The minimum absolute atomic E-state index is 0.274. The van der Waals surface area contributed by atoms with E-state index in [0.29, 0.717) is 17.5 Å². The fraction of sp³-hybridized carbons (Fsp3) is 0.100. The molecule has 0 fully saturated rings. The van der Waals surface area contributed by atoms with Crippen molar-refractivity contribution >= 4 is 6.29 Å². The van der Waals surface area contributed by atoms with Crippen LogP contribution in [0.15, 0.2) is 24.4 Å². The summed E-state index contributed by atoms with van der Waals surface area (Å²) < 4.78 is 14.4. The van der Waals surface area contributed by atoms with E-state index in [-0.39, 0.29) is 5.56 Å². The van der Waals surface area contributed by atoms with E-state index < -0.39 is 5.82 Å². The maximum atomic E-state index is 12.9. The van der Waals surface area contributed by atoms with E-state index in [1.54, 1.807) is 13.2 Å². The van der Waals surface area contributed by atoms with Crippen LogP contribution in [0.3, 0.4) is 0 Å². The summed E-state index contributed by atoms with van der Waals surface area (Å²) in [5.74, 6) is -0.440. The molecule has 15 heavy (non-hydrogen) atoms. The van der Waals surface area contributed by atoms with Crippen LogP contribution in [0.25, 0.3) is 11.3 Å². The van der Waals surface area contributed by atoms with Gasteiger partial charge in [0.25, 0.3) is 0 Å². The minimum Gasteiger partial charge on any atom is -0.298 e. The fourth-order valence-electron chi connectivity index (χ4n) is 1.34. The summed E-state index contributed by atoms with van der Waals surface area (Å²) in [6.07, 6.45) is 2.27. The van der Waals surface area contributed by atoms with Crippen LogP contribution in [0.4, 0.5) is 4.39 Å². The van der Waals surface area contributed by atoms with Gasteiger partial charge in [-0.05, 0) is 18.2 Å². The maximum absolute atomic E-state index is 12.9. The Morgan fingerprint density at radius 3 is 2.87 bits per heavy atom. The Bertz CT molecular complexity index is 507. The molecule has 0 aliphatic carbocycles. The Labute approximate surface area is 85.3 Å². The summed E-state index contributed by atoms with van der Waals surface area (Å²) in [5.41, 5.74) is 1.41. The molecular formula is C10H8FN3O. The van der Waals surface area contributed by atoms with Crippen molar-refractivity contribution < 1.29 is 9.18 Å². The molecule has 2 rings (SSSR count). The molecule has 4 nitrogen and oxygen atoms in total. The summed E-state index contributed by atoms with van der Waals surface area (Å²) in [6, 6.07) is 3.98. The van der Waals surface area contributed by atoms with Crippen molar-refractivity contribution in [2.45, 2.75) is 0 Å². The zero-order chi connectivity index (χ0) is 10.8. The standard InChI is InChI=1S/C10H8FN3O/c1-14-5-10(12-13-14)9-3-2-8(11)4-7(9)6-15/h2-6H,1H3. The first kappa shape index (κ1) is 9.51. The normalized spacial score (nSPS) is 10.3. The van der Waals surface area contributed by atoms with Gasteiger partial charge in [0.2, 0.25) is 0 Å². The number of carbonyl (C=O) groups is 1. The summed E-state index contributed by atoms with van der Waals surface area (Å²) >= 11 is 0. The highest BCUT2D eigenvalue weighted by molar-refractivity contribution is 5.86. The number of aryl methyl sites for hydroxylation is 1. The number of aromatic nitrogens is 3. The summed E-state index contributed by atoms with van der Waals surface area (Å²) in [4.78, 5) is 10.7. The highest BCUT2D eigenvalue weighted by Crippen LogP contribution is 2.20. The second kappa shape index (κ2) is 3.61. The van der Waals surface area contributed by atoms with Gasteiger partial charge in [0, 0.05) is 18.2 Å². The Morgan fingerprint density at radius 1 is 1.47 bits per heavy atom. The van der Waals surface area contributed by atoms with Gasteiger partial charge in [-0.25, -0.2) is 4.39 Å². The van der Waals surface area contributed by atoms with Gasteiger partial charge < -0.3 is 0 Å². The topological polar surface area (TPSA) is 47.8 Å². The van der Waals surface area contributed by atoms with Crippen LogP contribution in [0.1, 0.15) is 10.4 Å². The molecule has 0 amide bonds. The molecule has 0 saturated carbocycles. The zero-order valence-electron chi connectivity index (χ0n) is 8.01. The highest BCUT2D eigenvalue weighted by Gasteiger charge is 2.08. The third-order valence-electron chi connectivity index (χ3n) is 2.02. The van der Waals surface area contributed by atoms with Crippen molar-refractivity contribution in [3.63, 3.8) is 0 Å². The van der Waals surface area contributed by atoms with E-state index >= 15 is 0 Å². The van der Waals surface area contributed by atoms with Crippen LogP contribution in [0.5, 0.6) is 0 Å². The van der Waals surface area contributed by atoms with E-state index in [2.05, 4.69) is 10.3 Å². The van der Waals surface area contributed by atoms with Gasteiger partial charge in [-0.15, -0.1) is 5.10 Å². The minimum atomic E-state index is -0.440. The van der Waals surface area contributed by atoms with Crippen LogP contribution in [-0.4, -0.2) is 21.3 Å². The molecule has 0 saturated heterocycles. The summed E-state index contributed by atoms with van der Waals surface area (Å²) in [6.45, 7) is 0. The van der Waals surface area contributed by atoms with E-state index in [9.17, 15) is 9.18 Å². The highest BCUT2D eigenvalue weighted by atomic mass is 19.1. The molecule has 0 N–H and O–H groups in total. The number of aldehydes is 1. The monoisotopic (exact) mass is 205 g/mol. The molecule has 76 valence electrons. The molecular weight excluding hydrogens is 197 g/mol. The summed E-state index contributed by atoms with van der Waals surface area (Å²) in [7, 11) is 1.72. The van der Waals surface area contributed by atoms with Crippen molar-refractivity contribution in [3.8, 4) is 11.3 Å². The molecule has 1 aromatic carbocycles. The first-order chi connectivity index (χ1) is 7.20. The lowest BCUT2D eigenvalue weighted by Crippen LogP contribution is -1.89. The molecule has 0 aliphatic heterocycles. The van der Waals surface area contributed by atoms with Crippen molar-refractivity contribution in [1.82, 2.24) is 15.0 Å². The van der Waals surface area contributed by atoms with Crippen molar-refractivity contribution in [1.29, 1.82) is 0 Å². The number of nitrogens with zero attached hydrogens (tertiary/aromatic N) is 3. The van der Waals surface area contributed by atoms with Crippen molar-refractivity contribution in [2.75, 3.05) is 0 Å². The SMILES string of the molecule is Cn1cc(-c2ccc(F)cc2C=O)nn1. The van der Waals surface area contributed by atoms with Crippen molar-refractivity contribution in [3.05, 3.63) is 35.8 Å². The third-order valence-corrected chi connectivity index (χ3v) is 2.02. The number of carbonyl (C=O) groups excluding carboxylic acids is 1. The Balaban J connectivity index is 2.57. The Hall–Kier alpha value is -2.04. The lowest BCUT2D eigenvalue weighted by Gasteiger charge is -1.99. The Morgan fingerprint density at radius 2 is 2.27 bits per heavy atom. The smallest absolute Gasteiger partial charge is 0.150 e. The van der Waals surface area contributed by atoms with Crippen LogP contribution in [0, 0.1) is 5.82 Å². The van der Waals surface area contributed by atoms with E-state index in [1.165, 1.54) is 22.9 Å². The van der Waals surface area contributed by atoms with E-state index in [0.717, 1.165) is 0 Å². The van der Waals surface area contributed by atoms with Gasteiger partial charge in [0.05, 0.1) is 6.20 Å². The number of rotatable bonds is 2. The molecule has 0 atom stereocenters. The molecule has 0 spiro atoms. The van der Waals surface area contributed by atoms with Crippen LogP contribution < -0.4 is 0 Å². The van der Waals surface area contributed by atoms with Gasteiger partial charge in [-0.1, -0.05) is 5.21 Å². The molecule has 2 aromatic rings. The molecule has 5 heteroatoms. The largest absolute Gasteiger partial charge is 0.298 e. The first-order valence-electron chi connectivity index (χ1n) is 4.32. The lowest BCUT2D eigenvalue weighted by molar-refractivity contribution is 0.112. The maximum Gasteiger partial charge on any atom is 0.150 e. The molecule has 0 radical (unpaired) electrons. The van der Waals surface area contributed by atoms with Crippen LogP contribution in [-0.2, 0) is 7.05 Å². The molecule has 1 heterocycles. The number of hydrogen-bond donors (Lipinski definition) is 0. The van der Waals surface area contributed by atoms with E-state index in [1.807, 2.05) is 0 Å². The second-order valence-corrected chi connectivity index (χ2v) is 3.13. The predicted molar refractivity (Wildman–Crippen MR) is 51.8 cm³/mol. The van der Waals surface area contributed by atoms with Crippen molar-refractivity contribution in [2.24, 2.45) is 7.05 Å². The first-order valence-corrected chi connectivity index (χ1v) is 4.32. The van der Waals surface area contributed by atoms with Gasteiger partial charge in [-0.3, -0.25) is 9.48 Å². The van der Waals surface area contributed by atoms with E-state index in [4.69, 9.17) is 0 Å². The molecule has 0 unspecified atom stereocenters. The van der Waals surface area contributed by atoms with Gasteiger partial charge >= 0.3 is 0 Å². The number of hydrogen-bond acceptors (Lipinski definition) is 3. The van der Waals surface area contributed by atoms with Gasteiger partial charge in [0.1, 0.15) is 11.5 Å². The average Bonchev–Trinajstić information content (AvgIpc) is 2.64. The Kier molecular flexibility index (Phi) is 2.29. The second-order valence-electron chi connectivity index (χ2n) is 3.13. The van der Waals surface area contributed by atoms with Crippen LogP contribution in [0.2, 0.25) is 0 Å².